The van der Waals surface area contributed by atoms with Crippen molar-refractivity contribution in [2.24, 2.45) is 5.92 Å². The van der Waals surface area contributed by atoms with Gasteiger partial charge < -0.3 is 9.64 Å². The predicted molar refractivity (Wildman–Crippen MR) is 128 cm³/mol. The molecule has 0 radical (unpaired) electrons. The lowest BCUT2D eigenvalue weighted by Crippen LogP contribution is -2.41. The maximum atomic E-state index is 13.4. The van der Waals surface area contributed by atoms with Crippen molar-refractivity contribution in [2.45, 2.75) is 37.6 Å². The fraction of sp³-hybridized carbons (Fsp3) is 0.391. The molecule has 34 heavy (non-hydrogen) atoms. The molecule has 3 aromatic rings. The van der Waals surface area contributed by atoms with Crippen LogP contribution in [-0.2, 0) is 15.3 Å². The van der Waals surface area contributed by atoms with Crippen LogP contribution in [0.4, 0.5) is 0 Å². The van der Waals surface area contributed by atoms with E-state index in [9.17, 15) is 9.59 Å². The van der Waals surface area contributed by atoms with Crippen molar-refractivity contribution in [1.29, 1.82) is 0 Å². The number of carbonyl (C=O) groups excluding carboxylic acids is 2. The van der Waals surface area contributed by atoms with Crippen LogP contribution in [0.5, 0.6) is 0 Å². The molecule has 0 saturated carbocycles. The Labute approximate surface area is 206 Å². The minimum atomic E-state index is -0.212. The summed E-state index contributed by atoms with van der Waals surface area (Å²) >= 11 is 7.74. The number of thioether (sulfide) groups is 1. The first-order valence-electron chi connectivity index (χ1n) is 11.0. The molecule has 0 atom stereocenters. The molecule has 11 heteroatoms. The van der Waals surface area contributed by atoms with E-state index in [-0.39, 0.29) is 23.5 Å². The first kappa shape index (κ1) is 24.2. The molecule has 1 amide bonds. The smallest absolute Gasteiger partial charge is 0.309 e. The van der Waals surface area contributed by atoms with Gasteiger partial charge in [-0.1, -0.05) is 34.6 Å². The monoisotopic (exact) mass is 500 g/mol. The van der Waals surface area contributed by atoms with Crippen molar-refractivity contribution in [3.63, 3.8) is 0 Å². The number of esters is 1. The van der Waals surface area contributed by atoms with E-state index < -0.39 is 0 Å². The number of hydrogen-bond donors (Lipinski definition) is 0. The third-order valence-corrected chi connectivity index (χ3v) is 6.94. The number of nitrogens with zero attached hydrogens (tertiary/aromatic N) is 6. The van der Waals surface area contributed by atoms with Crippen molar-refractivity contribution in [2.75, 3.05) is 19.7 Å². The summed E-state index contributed by atoms with van der Waals surface area (Å²) in [6.45, 7) is 4.99. The van der Waals surface area contributed by atoms with Crippen LogP contribution >= 0.6 is 23.4 Å². The van der Waals surface area contributed by atoms with Crippen molar-refractivity contribution in [3.8, 4) is 5.69 Å². The molecule has 0 unspecified atom stereocenters. The maximum absolute atomic E-state index is 13.4. The van der Waals surface area contributed by atoms with Crippen LogP contribution in [0.2, 0.25) is 5.02 Å². The summed E-state index contributed by atoms with van der Waals surface area (Å²) in [5.74, 6) is -0.198. The highest BCUT2D eigenvalue weighted by Crippen LogP contribution is 2.27. The summed E-state index contributed by atoms with van der Waals surface area (Å²) in [7, 11) is 0. The number of hydrogen-bond acceptors (Lipinski definition) is 8. The van der Waals surface area contributed by atoms with E-state index >= 15 is 0 Å². The first-order chi connectivity index (χ1) is 16.5. The van der Waals surface area contributed by atoms with Crippen LogP contribution in [0.1, 0.15) is 41.5 Å². The Bertz CT molecular complexity index is 1160. The molecule has 3 heterocycles. The number of aromatic nitrogens is 5. The lowest BCUT2D eigenvalue weighted by Gasteiger charge is -2.30. The summed E-state index contributed by atoms with van der Waals surface area (Å²) in [6, 6.07) is 7.34. The van der Waals surface area contributed by atoms with Gasteiger partial charge >= 0.3 is 5.97 Å². The minimum Gasteiger partial charge on any atom is -0.466 e. The van der Waals surface area contributed by atoms with E-state index in [4.69, 9.17) is 16.3 Å². The molecular weight excluding hydrogens is 476 g/mol. The second kappa shape index (κ2) is 11.0. The standard InChI is InChI=1S/C23H25ClN6O3S/c1-3-33-22(32)16-7-11-29(12-8-16)21(31)20-19(14-34-23-25-9-4-10-26-23)30(28-27-20)17-6-5-15(2)18(24)13-17/h4-6,9-10,13,16H,3,7-8,11-12,14H2,1-2H3. The summed E-state index contributed by atoms with van der Waals surface area (Å²) < 4.78 is 6.77. The van der Waals surface area contributed by atoms with Crippen LogP contribution in [0.3, 0.4) is 0 Å². The second-order valence-electron chi connectivity index (χ2n) is 7.87. The van der Waals surface area contributed by atoms with Crippen molar-refractivity contribution in [3.05, 3.63) is 58.6 Å². The highest BCUT2D eigenvalue weighted by atomic mass is 35.5. The summed E-state index contributed by atoms with van der Waals surface area (Å²) in [5.41, 5.74) is 2.57. The molecule has 0 bridgehead atoms. The lowest BCUT2D eigenvalue weighted by atomic mass is 9.97. The van der Waals surface area contributed by atoms with Crippen molar-refractivity contribution in [1.82, 2.24) is 29.9 Å². The topological polar surface area (TPSA) is 103 Å². The molecule has 1 fully saturated rings. The molecule has 178 valence electrons. The number of likely N-dealkylation sites (tertiary alicyclic amines) is 1. The van der Waals surface area contributed by atoms with Crippen molar-refractivity contribution < 1.29 is 14.3 Å². The van der Waals surface area contributed by atoms with Gasteiger partial charge in [0.1, 0.15) is 0 Å². The molecule has 1 saturated heterocycles. The zero-order valence-electron chi connectivity index (χ0n) is 19.0. The van der Waals surface area contributed by atoms with E-state index in [0.29, 0.717) is 59.9 Å². The largest absolute Gasteiger partial charge is 0.466 e. The summed E-state index contributed by atoms with van der Waals surface area (Å²) in [6.07, 6.45) is 4.47. The number of rotatable bonds is 7. The van der Waals surface area contributed by atoms with Gasteiger partial charge in [-0.15, -0.1) is 5.10 Å². The number of halogens is 1. The van der Waals surface area contributed by atoms with Gasteiger partial charge in [-0.2, -0.15) is 0 Å². The second-order valence-corrected chi connectivity index (χ2v) is 9.22. The first-order valence-corrected chi connectivity index (χ1v) is 12.4. The van der Waals surface area contributed by atoms with Gasteiger partial charge in [-0.05, 0) is 50.5 Å². The van der Waals surface area contributed by atoms with Crippen LogP contribution < -0.4 is 0 Å². The van der Waals surface area contributed by atoms with Gasteiger partial charge in [0.2, 0.25) is 0 Å². The molecule has 1 aliphatic rings. The van der Waals surface area contributed by atoms with Gasteiger partial charge in [-0.3, -0.25) is 9.59 Å². The Kier molecular flexibility index (Phi) is 7.79. The molecule has 1 aromatic carbocycles. The van der Waals surface area contributed by atoms with Crippen LogP contribution in [0, 0.1) is 12.8 Å². The van der Waals surface area contributed by atoms with E-state index in [1.54, 1.807) is 41.0 Å². The number of amides is 1. The Morgan fingerprint density at radius 3 is 2.62 bits per heavy atom. The molecular formula is C23H25ClN6O3S. The highest BCUT2D eigenvalue weighted by molar-refractivity contribution is 7.98. The third kappa shape index (κ3) is 5.39. The SMILES string of the molecule is CCOC(=O)C1CCN(C(=O)c2nnn(-c3ccc(C)c(Cl)c3)c2CSc2ncccn2)CC1. The van der Waals surface area contributed by atoms with Crippen LogP contribution in [-0.4, -0.2) is 61.4 Å². The number of aryl methyl sites for hydroxylation is 1. The van der Waals surface area contributed by atoms with Gasteiger partial charge in [0, 0.05) is 36.3 Å². The zero-order valence-corrected chi connectivity index (χ0v) is 20.6. The molecule has 0 aliphatic carbocycles. The summed E-state index contributed by atoms with van der Waals surface area (Å²) in [4.78, 5) is 35.7. The number of piperidine rings is 1. The lowest BCUT2D eigenvalue weighted by molar-refractivity contribution is -0.149. The Balaban J connectivity index is 1.58. The zero-order chi connectivity index (χ0) is 24.1. The van der Waals surface area contributed by atoms with Gasteiger partial charge in [0.25, 0.3) is 5.91 Å². The average molecular weight is 501 g/mol. The normalized spacial score (nSPS) is 14.3. The molecule has 0 spiro atoms. The fourth-order valence-corrected chi connectivity index (χ4v) is 4.71. The van der Waals surface area contributed by atoms with Crippen LogP contribution in [0.15, 0.2) is 41.8 Å². The third-order valence-electron chi connectivity index (χ3n) is 5.65. The van der Waals surface area contributed by atoms with E-state index in [0.717, 1.165) is 5.56 Å². The Morgan fingerprint density at radius 2 is 1.94 bits per heavy atom. The van der Waals surface area contributed by atoms with Crippen molar-refractivity contribution >= 4 is 35.2 Å². The molecule has 4 rings (SSSR count). The Morgan fingerprint density at radius 1 is 1.21 bits per heavy atom. The van der Waals surface area contributed by atoms with E-state index in [1.807, 2.05) is 19.1 Å². The Hall–Kier alpha value is -2.98. The number of ether oxygens (including phenoxy) is 1. The maximum Gasteiger partial charge on any atom is 0.309 e. The van der Waals surface area contributed by atoms with E-state index in [1.165, 1.54) is 11.8 Å². The van der Waals surface area contributed by atoms with E-state index in [2.05, 4.69) is 20.3 Å². The number of benzene rings is 1. The highest BCUT2D eigenvalue weighted by Gasteiger charge is 2.31. The van der Waals surface area contributed by atoms with Gasteiger partial charge in [-0.25, -0.2) is 14.6 Å². The van der Waals surface area contributed by atoms with Gasteiger partial charge in [0.05, 0.1) is 23.9 Å². The molecule has 9 nitrogen and oxygen atoms in total. The molecule has 1 aliphatic heterocycles. The minimum absolute atomic E-state index is 0.181. The van der Waals surface area contributed by atoms with Crippen LogP contribution in [0.25, 0.3) is 5.69 Å². The quantitative estimate of drug-likeness (QED) is 0.274. The number of carbonyl (C=O) groups is 2. The van der Waals surface area contributed by atoms with Gasteiger partial charge in [0.15, 0.2) is 10.9 Å². The average Bonchev–Trinajstić information content (AvgIpc) is 3.28. The molecule has 2 aromatic heterocycles. The predicted octanol–water partition coefficient (Wildman–Crippen LogP) is 3.73. The molecule has 0 N–H and O–H groups in total. The summed E-state index contributed by atoms with van der Waals surface area (Å²) in [5, 5.41) is 9.73. The fourth-order valence-electron chi connectivity index (χ4n) is 3.74.